The second kappa shape index (κ2) is 8.84. The quantitative estimate of drug-likeness (QED) is 0.260. The highest BCUT2D eigenvalue weighted by Gasteiger charge is 2.84. The lowest BCUT2D eigenvalue weighted by Crippen LogP contribution is -2.66. The summed E-state index contributed by atoms with van der Waals surface area (Å²) in [6.07, 6.45) is -15.4. The number of halogens is 11. The average Bonchev–Trinajstić information content (AvgIpc) is 2.93. The lowest BCUT2D eigenvalue weighted by atomic mass is 9.94. The summed E-state index contributed by atoms with van der Waals surface area (Å²) in [7, 11) is -5.18. The number of hydrogen-bond acceptors (Lipinski definition) is 6. The van der Waals surface area contributed by atoms with Crippen LogP contribution in [0.1, 0.15) is 19.3 Å². The van der Waals surface area contributed by atoms with E-state index in [-0.39, 0.29) is 0 Å². The number of carbonyl (C=O) groups is 3. The molecule has 2 atom stereocenters. The summed E-state index contributed by atoms with van der Waals surface area (Å²) in [5, 5.41) is -3.04. The molecule has 1 rings (SSSR count). The molecule has 0 aliphatic carbocycles. The molecular weight excluding hydrogens is 523 g/mol. The summed E-state index contributed by atoms with van der Waals surface area (Å²) in [4.78, 5) is 38.3. The summed E-state index contributed by atoms with van der Waals surface area (Å²) in [6, 6.07) is 0. The molecule has 1 aliphatic rings. The molecule has 8 nitrogen and oxygen atoms in total. The number of nitrogens with zero attached hydrogens (tertiary/aromatic N) is 1. The Labute approximate surface area is 175 Å². The van der Waals surface area contributed by atoms with Gasteiger partial charge in [-0.3, -0.25) is 14.1 Å². The predicted octanol–water partition coefficient (Wildman–Crippen LogP) is 2.38. The van der Waals surface area contributed by atoms with Crippen molar-refractivity contribution in [1.82, 2.24) is 5.06 Å². The summed E-state index contributed by atoms with van der Waals surface area (Å²) >= 11 is 0. The van der Waals surface area contributed by atoms with E-state index in [1.165, 1.54) is 0 Å². The maximum absolute atomic E-state index is 13.6. The highest BCUT2D eigenvalue weighted by Crippen LogP contribution is 2.55. The minimum absolute atomic E-state index is 0.599. The van der Waals surface area contributed by atoms with Crippen LogP contribution in [0.4, 0.5) is 48.3 Å². The fraction of sp³-hybridized carbons (Fsp3) is 0.769. The van der Waals surface area contributed by atoms with E-state index in [9.17, 15) is 71.1 Å². The maximum atomic E-state index is 13.6. The van der Waals surface area contributed by atoms with Crippen LogP contribution in [0.15, 0.2) is 0 Å². The van der Waals surface area contributed by atoms with Crippen LogP contribution in [0.2, 0.25) is 0 Å². The van der Waals surface area contributed by atoms with Gasteiger partial charge in [-0.1, -0.05) is 0 Å². The first-order valence-electron chi connectivity index (χ1n) is 8.00. The Morgan fingerprint density at radius 3 is 1.85 bits per heavy atom. The van der Waals surface area contributed by atoms with Gasteiger partial charge in [0.25, 0.3) is 21.9 Å². The van der Waals surface area contributed by atoms with Gasteiger partial charge in [0.15, 0.2) is 11.4 Å². The Bertz CT molecular complexity index is 908. The molecule has 0 spiro atoms. The van der Waals surface area contributed by atoms with E-state index in [2.05, 4.69) is 4.84 Å². The van der Waals surface area contributed by atoms with Gasteiger partial charge in [-0.05, 0) is 6.42 Å². The fourth-order valence-corrected chi connectivity index (χ4v) is 2.94. The van der Waals surface area contributed by atoms with Gasteiger partial charge < -0.3 is 4.84 Å². The molecule has 1 aliphatic heterocycles. The molecule has 0 aromatic rings. The molecule has 2 amide bonds. The Morgan fingerprint density at radius 1 is 1.00 bits per heavy atom. The minimum atomic E-state index is -7.46. The summed E-state index contributed by atoms with van der Waals surface area (Å²) in [6.45, 7) is 0. The van der Waals surface area contributed by atoms with Crippen molar-refractivity contribution >= 4 is 27.9 Å². The summed E-state index contributed by atoms with van der Waals surface area (Å²) < 4.78 is 173. The van der Waals surface area contributed by atoms with Crippen LogP contribution in [0.25, 0.3) is 0 Å². The van der Waals surface area contributed by atoms with E-state index < -0.39 is 93.8 Å². The van der Waals surface area contributed by atoms with Gasteiger partial charge in [0.1, 0.15) is 0 Å². The zero-order valence-electron chi connectivity index (χ0n) is 15.3. The first kappa shape index (κ1) is 28.8. The number of amides is 2. The van der Waals surface area contributed by atoms with Crippen molar-refractivity contribution in [1.29, 1.82) is 0 Å². The third-order valence-electron chi connectivity index (χ3n) is 4.12. The zero-order chi connectivity index (χ0) is 26.4. The Balaban J connectivity index is 2.92. The second-order valence-corrected chi connectivity index (χ2v) is 8.00. The molecule has 0 saturated carbocycles. The molecule has 1 saturated heterocycles. The van der Waals surface area contributed by atoms with E-state index in [1.54, 1.807) is 0 Å². The molecule has 0 bridgehead atoms. The van der Waals surface area contributed by atoms with Crippen molar-refractivity contribution in [3.63, 3.8) is 0 Å². The largest absolute Gasteiger partial charge is 0.384 e. The van der Waals surface area contributed by atoms with Crippen molar-refractivity contribution in [3.05, 3.63) is 0 Å². The SMILES string of the molecule is O=C(CCC(F)C(F)(F)C(F)(F)C(F)(F)C(F)(F)C(F)F)ON1C(=O)CC(S(=O)(=O)O)C1=O. The van der Waals surface area contributed by atoms with Crippen molar-refractivity contribution < 1.29 is 80.5 Å². The van der Waals surface area contributed by atoms with Gasteiger partial charge in [0.05, 0.1) is 12.8 Å². The van der Waals surface area contributed by atoms with Crippen molar-refractivity contribution in [2.45, 2.75) is 60.8 Å². The average molecular weight is 533 g/mol. The minimum Gasteiger partial charge on any atom is -0.330 e. The summed E-state index contributed by atoms with van der Waals surface area (Å²) in [5.74, 6) is -34.1. The van der Waals surface area contributed by atoms with Gasteiger partial charge in [-0.25, -0.2) is 18.0 Å². The third kappa shape index (κ3) is 4.99. The monoisotopic (exact) mass is 533 g/mol. The first-order chi connectivity index (χ1) is 14.5. The zero-order valence-corrected chi connectivity index (χ0v) is 16.1. The van der Waals surface area contributed by atoms with Crippen molar-refractivity contribution in [2.75, 3.05) is 0 Å². The molecule has 192 valence electrons. The number of carbonyl (C=O) groups excluding carboxylic acids is 3. The molecule has 1 fully saturated rings. The second-order valence-electron chi connectivity index (χ2n) is 6.40. The number of hydrogen-bond donors (Lipinski definition) is 1. The van der Waals surface area contributed by atoms with Crippen LogP contribution in [0.3, 0.4) is 0 Å². The topological polar surface area (TPSA) is 118 Å². The number of hydroxylamine groups is 2. The van der Waals surface area contributed by atoms with Crippen molar-refractivity contribution in [3.8, 4) is 0 Å². The molecule has 1 heterocycles. The molecule has 1 N–H and O–H groups in total. The third-order valence-corrected chi connectivity index (χ3v) is 5.20. The fourth-order valence-electron chi connectivity index (χ4n) is 2.24. The first-order valence-corrected chi connectivity index (χ1v) is 9.51. The maximum Gasteiger partial charge on any atom is 0.384 e. The van der Waals surface area contributed by atoms with Crippen LogP contribution in [-0.4, -0.2) is 77.4 Å². The van der Waals surface area contributed by atoms with E-state index in [1.807, 2.05) is 0 Å². The molecule has 0 aromatic carbocycles. The molecule has 2 unspecified atom stereocenters. The van der Waals surface area contributed by atoms with Crippen LogP contribution in [-0.2, 0) is 29.3 Å². The van der Waals surface area contributed by atoms with E-state index in [4.69, 9.17) is 4.55 Å². The molecule has 0 aromatic heterocycles. The van der Waals surface area contributed by atoms with Crippen LogP contribution >= 0.6 is 0 Å². The van der Waals surface area contributed by atoms with E-state index in [0.29, 0.717) is 0 Å². The molecule has 20 heteroatoms. The molecule has 33 heavy (non-hydrogen) atoms. The van der Waals surface area contributed by atoms with Gasteiger partial charge in [0.2, 0.25) is 0 Å². The van der Waals surface area contributed by atoms with Gasteiger partial charge >= 0.3 is 36.1 Å². The van der Waals surface area contributed by atoms with Gasteiger partial charge in [0, 0.05) is 0 Å². The Kier molecular flexibility index (Phi) is 7.71. The normalized spacial score (nSPS) is 19.9. The van der Waals surface area contributed by atoms with Gasteiger partial charge in [-0.15, -0.1) is 5.06 Å². The Hall–Kier alpha value is -2.25. The lowest BCUT2D eigenvalue weighted by molar-refractivity contribution is -0.391. The number of imide groups is 1. The Morgan fingerprint density at radius 2 is 1.45 bits per heavy atom. The predicted molar refractivity (Wildman–Crippen MR) is 77.8 cm³/mol. The van der Waals surface area contributed by atoms with Crippen molar-refractivity contribution in [2.24, 2.45) is 0 Å². The smallest absolute Gasteiger partial charge is 0.330 e. The highest BCUT2D eigenvalue weighted by molar-refractivity contribution is 7.87. The van der Waals surface area contributed by atoms with Crippen LogP contribution < -0.4 is 0 Å². The number of alkyl halides is 11. The lowest BCUT2D eigenvalue weighted by Gasteiger charge is -2.37. The molecular formula is C13H10F11NO7S. The standard InChI is InChI=1S/C13H10F11NO7S/c14-5(10(17,18)12(21,22)13(23,24)11(19,20)9(15)16)1-2-7(27)32-25-6(26)3-4(8(25)28)33(29,30)31/h4-5,9H,1-3H2,(H,29,30,31). The van der Waals surface area contributed by atoms with E-state index >= 15 is 0 Å². The highest BCUT2D eigenvalue weighted by atomic mass is 32.2. The number of rotatable bonds is 10. The van der Waals surface area contributed by atoms with Crippen LogP contribution in [0, 0.1) is 0 Å². The summed E-state index contributed by atoms with van der Waals surface area (Å²) in [5.41, 5.74) is 0. The molecule has 0 radical (unpaired) electrons. The van der Waals surface area contributed by atoms with Gasteiger partial charge in [-0.2, -0.15) is 43.5 Å². The van der Waals surface area contributed by atoms with Crippen LogP contribution in [0.5, 0.6) is 0 Å². The van der Waals surface area contributed by atoms with E-state index in [0.717, 1.165) is 0 Å².